The first kappa shape index (κ1) is 37.6. The summed E-state index contributed by atoms with van der Waals surface area (Å²) < 4.78 is 0. The van der Waals surface area contributed by atoms with Crippen LogP contribution in [0.25, 0.3) is 0 Å². The van der Waals surface area contributed by atoms with Gasteiger partial charge in [-0.1, -0.05) is 27.7 Å². The molecule has 0 aliphatic carbocycles. The van der Waals surface area contributed by atoms with Gasteiger partial charge < -0.3 is 35.4 Å². The summed E-state index contributed by atoms with van der Waals surface area (Å²) in [6.07, 6.45) is -0.127. The van der Waals surface area contributed by atoms with Crippen LogP contribution in [0.4, 0.5) is 0 Å². The maximum Gasteiger partial charge on any atom is 5.00 e. The molecule has 132 valence electrons. The van der Waals surface area contributed by atoms with Crippen LogP contribution in [0.5, 0.6) is 0 Å². The maximum absolute atomic E-state index is 9.77. The van der Waals surface area contributed by atoms with Crippen LogP contribution in [0.15, 0.2) is 0 Å². The molecular weight excluding hydrogens is 465 g/mol. The van der Waals surface area contributed by atoms with Crippen LogP contribution in [0.3, 0.4) is 0 Å². The topological polar surface area (TPSA) is 170 Å². The summed E-state index contributed by atoms with van der Waals surface area (Å²) >= 11 is 0. The molecule has 1 N–H and O–H groups in total. The van der Waals surface area contributed by atoms with Crippen molar-refractivity contribution in [3.63, 3.8) is 0 Å². The zero-order chi connectivity index (χ0) is 18.1. The van der Waals surface area contributed by atoms with Crippen LogP contribution in [-0.4, -0.2) is 43.5 Å². The van der Waals surface area contributed by atoms with Crippen molar-refractivity contribution in [2.45, 2.75) is 47.0 Å². The Balaban J connectivity index is -0.0000000415. The number of carbonyl (C=O) groups is 2. The zero-order valence-corrected chi connectivity index (χ0v) is 16.9. The Kier molecular flexibility index (Phi) is 85.3. The molecule has 8 nitrogen and oxygen atoms in total. The van der Waals surface area contributed by atoms with Gasteiger partial charge in [0.25, 0.3) is 0 Å². The second-order valence-electron chi connectivity index (χ2n) is 2.77. The van der Waals surface area contributed by atoms with E-state index in [-0.39, 0.29) is 68.1 Å². The molecule has 22 heavy (non-hydrogen) atoms. The Morgan fingerprint density at radius 1 is 0.773 bits per heavy atom. The Labute approximate surface area is 148 Å². The maximum atomic E-state index is 9.77. The first-order chi connectivity index (χ1) is 9.78. The van der Waals surface area contributed by atoms with E-state index in [4.69, 9.17) is 25.5 Å². The smallest absolute Gasteiger partial charge is 0.855 e. The molecular formula is C13H27O8Ta. The Bertz CT molecular complexity index is 157. The fraction of sp³-hybridized carbons (Fsp3) is 0.846. The van der Waals surface area contributed by atoms with E-state index in [1.807, 2.05) is 0 Å². The van der Waals surface area contributed by atoms with Crippen molar-refractivity contribution in [1.82, 2.24) is 0 Å². The van der Waals surface area contributed by atoms with Crippen LogP contribution in [0.1, 0.15) is 47.0 Å². The van der Waals surface area contributed by atoms with Gasteiger partial charge in [-0.25, -0.2) is 0 Å². The SMILES string of the molecule is CC[O-].CC[O-].CC[O-].CC[O-].O=C([O-])CCCC(=O)O.[Ta+5]. The van der Waals surface area contributed by atoms with Gasteiger partial charge in [-0.2, -0.15) is 0 Å². The van der Waals surface area contributed by atoms with E-state index < -0.39 is 11.9 Å². The van der Waals surface area contributed by atoms with Crippen molar-refractivity contribution in [2.75, 3.05) is 26.4 Å². The summed E-state index contributed by atoms with van der Waals surface area (Å²) in [6.45, 7) is 6.28. The van der Waals surface area contributed by atoms with Gasteiger partial charge in [0.05, 0.1) is 0 Å². The van der Waals surface area contributed by atoms with Gasteiger partial charge in [-0.15, -0.1) is 26.4 Å². The van der Waals surface area contributed by atoms with Crippen molar-refractivity contribution in [2.24, 2.45) is 0 Å². The molecule has 9 heteroatoms. The van der Waals surface area contributed by atoms with Crippen LogP contribution in [0.2, 0.25) is 0 Å². The second-order valence-corrected chi connectivity index (χ2v) is 2.77. The third kappa shape index (κ3) is 220. The predicted molar refractivity (Wildman–Crippen MR) is 68.7 cm³/mol. The molecule has 0 saturated heterocycles. The number of carboxylic acid groups (broad SMARTS) is 2. The number of carbonyl (C=O) groups excluding carboxylic acids is 1. The Morgan fingerprint density at radius 2 is 1.00 bits per heavy atom. The monoisotopic (exact) mass is 492 g/mol. The minimum absolute atomic E-state index is 0. The minimum atomic E-state index is -1.20. The summed E-state index contributed by atoms with van der Waals surface area (Å²) in [7, 11) is 0. The van der Waals surface area contributed by atoms with E-state index in [1.165, 1.54) is 0 Å². The minimum Gasteiger partial charge on any atom is -0.855 e. The van der Waals surface area contributed by atoms with E-state index in [0.29, 0.717) is 0 Å². The predicted octanol–water partition coefficient (Wildman–Crippen LogP) is -3.54. The molecule has 0 unspecified atom stereocenters. The quantitative estimate of drug-likeness (QED) is 0.421. The van der Waals surface area contributed by atoms with Crippen LogP contribution < -0.4 is 25.5 Å². The Hall–Kier alpha value is -0.480. The van der Waals surface area contributed by atoms with Crippen LogP contribution >= 0.6 is 0 Å². The van der Waals surface area contributed by atoms with Gasteiger partial charge in [0.15, 0.2) is 0 Å². The van der Waals surface area contributed by atoms with Crippen LogP contribution in [0, 0.1) is 0 Å². The summed E-state index contributed by atoms with van der Waals surface area (Å²) in [5, 5.41) is 53.4. The second kappa shape index (κ2) is 49.9. The number of carboxylic acids is 2. The third-order valence-corrected chi connectivity index (χ3v) is 0.772. The standard InChI is InChI=1S/C5H8O4.4C2H5O.Ta/c6-4(7)2-1-3-5(8)9;4*1-2-3;/h1-3H2,(H,6,7)(H,8,9);4*2H2,1H3;/q;4*-1;+5/p-1. The van der Waals surface area contributed by atoms with E-state index in [0.717, 1.165) is 0 Å². The number of aliphatic carboxylic acids is 2. The van der Waals surface area contributed by atoms with Gasteiger partial charge in [0, 0.05) is 12.4 Å². The first-order valence-electron chi connectivity index (χ1n) is 6.53. The van der Waals surface area contributed by atoms with Crippen molar-refractivity contribution < 1.29 is 62.6 Å². The molecule has 0 amide bonds. The van der Waals surface area contributed by atoms with Gasteiger partial charge >= 0.3 is 28.3 Å². The molecule has 0 saturated carbocycles. The summed E-state index contributed by atoms with van der Waals surface area (Å²) in [4.78, 5) is 19.4. The number of hydrogen-bond acceptors (Lipinski definition) is 7. The van der Waals surface area contributed by atoms with E-state index in [2.05, 4.69) is 0 Å². The molecule has 0 heterocycles. The summed E-state index contributed by atoms with van der Waals surface area (Å²) in [5.74, 6) is -2.17. The van der Waals surface area contributed by atoms with E-state index in [9.17, 15) is 14.7 Å². The van der Waals surface area contributed by atoms with Crippen molar-refractivity contribution in [3.8, 4) is 0 Å². The number of rotatable bonds is 4. The molecule has 0 atom stereocenters. The molecule has 0 bridgehead atoms. The Morgan fingerprint density at radius 3 is 1.14 bits per heavy atom. The van der Waals surface area contributed by atoms with Gasteiger partial charge in [-0.3, -0.25) is 4.79 Å². The molecule has 0 radical (unpaired) electrons. The van der Waals surface area contributed by atoms with Crippen molar-refractivity contribution in [1.29, 1.82) is 0 Å². The van der Waals surface area contributed by atoms with Crippen LogP contribution in [-0.2, 0) is 32.0 Å². The van der Waals surface area contributed by atoms with Gasteiger partial charge in [0.2, 0.25) is 0 Å². The molecule has 0 aliphatic rings. The van der Waals surface area contributed by atoms with Crippen molar-refractivity contribution in [3.05, 3.63) is 0 Å². The first-order valence-corrected chi connectivity index (χ1v) is 6.53. The molecule has 0 aromatic carbocycles. The fourth-order valence-corrected chi connectivity index (χ4v) is 0.384. The molecule has 0 aromatic heterocycles. The largest absolute Gasteiger partial charge is 5.00 e. The molecule has 0 aliphatic heterocycles. The average molecular weight is 492 g/mol. The number of hydrogen-bond donors (Lipinski definition) is 1. The zero-order valence-electron chi connectivity index (χ0n) is 13.7. The van der Waals surface area contributed by atoms with E-state index in [1.54, 1.807) is 27.7 Å². The summed E-state index contributed by atoms with van der Waals surface area (Å²) in [5.41, 5.74) is 0. The molecule has 0 rings (SSSR count). The van der Waals surface area contributed by atoms with Gasteiger partial charge in [-0.05, 0) is 12.8 Å². The van der Waals surface area contributed by atoms with E-state index >= 15 is 0 Å². The molecule has 0 fully saturated rings. The fourth-order valence-electron chi connectivity index (χ4n) is 0.384. The average Bonchev–Trinajstić information content (AvgIpc) is 2.31. The summed E-state index contributed by atoms with van der Waals surface area (Å²) in [6, 6.07) is 0. The molecule has 0 spiro atoms. The third-order valence-electron chi connectivity index (χ3n) is 0.772. The normalized spacial score (nSPS) is 6.91. The van der Waals surface area contributed by atoms with Gasteiger partial charge in [0.1, 0.15) is 0 Å². The molecule has 0 aromatic rings. The van der Waals surface area contributed by atoms with Crippen molar-refractivity contribution >= 4 is 11.9 Å².